The summed E-state index contributed by atoms with van der Waals surface area (Å²) in [4.78, 5) is 59.8. The van der Waals surface area contributed by atoms with E-state index in [-0.39, 0.29) is 46.2 Å². The van der Waals surface area contributed by atoms with Crippen molar-refractivity contribution in [3.05, 3.63) is 63.7 Å². The molecular weight excluding hydrogens is 608 g/mol. The number of ketones is 3. The molecule has 2 amide bonds. The molecular formula is C31H32N2O13. The zero-order valence-electron chi connectivity index (χ0n) is 24.7. The van der Waals surface area contributed by atoms with Crippen LogP contribution >= 0.6 is 0 Å². The molecule has 6 atom stereocenters. The summed E-state index contributed by atoms with van der Waals surface area (Å²) in [7, 11) is 1.32. The molecule has 0 spiro atoms. The maximum absolute atomic E-state index is 13.6. The quantitative estimate of drug-likeness (QED) is 0.133. The molecule has 8 N–H and O–H groups in total. The summed E-state index contributed by atoms with van der Waals surface area (Å²) in [5.41, 5.74) is 2.37. The molecule has 15 heteroatoms. The number of ether oxygens (including phenoxy) is 3. The van der Waals surface area contributed by atoms with Crippen LogP contribution in [0, 0.1) is 0 Å². The van der Waals surface area contributed by atoms with Crippen molar-refractivity contribution in [3.63, 3.8) is 0 Å². The Kier molecular flexibility index (Phi) is 8.83. The van der Waals surface area contributed by atoms with Gasteiger partial charge in [-0.05, 0) is 13.0 Å². The Morgan fingerprint density at radius 1 is 1.07 bits per heavy atom. The highest BCUT2D eigenvalue weighted by Crippen LogP contribution is 2.52. The molecule has 4 aliphatic rings. The third-order valence-electron chi connectivity index (χ3n) is 8.44. The Balaban J connectivity index is 0.000000527. The smallest absolute Gasteiger partial charge is 0.250 e. The van der Waals surface area contributed by atoms with E-state index >= 15 is 0 Å². The number of carbonyl (C=O) groups is 5. The van der Waals surface area contributed by atoms with Crippen molar-refractivity contribution in [3.8, 4) is 17.2 Å². The van der Waals surface area contributed by atoms with Crippen molar-refractivity contribution >= 4 is 29.2 Å². The second-order valence-electron chi connectivity index (χ2n) is 11.3. The third-order valence-corrected chi connectivity index (χ3v) is 8.44. The number of nitrogens with two attached hydrogens (primary N) is 1. The number of carbonyl (C=O) groups excluding carboxylic acids is 5. The van der Waals surface area contributed by atoms with Crippen LogP contribution in [0.5, 0.6) is 17.2 Å². The monoisotopic (exact) mass is 640 g/mol. The first-order chi connectivity index (χ1) is 21.7. The molecule has 0 unspecified atom stereocenters. The number of Topliss-reactive ketones (excluding diaryl/α,β-unsaturated/α-hetero) is 1. The lowest BCUT2D eigenvalue weighted by atomic mass is 9.72. The third kappa shape index (κ3) is 5.57. The van der Waals surface area contributed by atoms with Gasteiger partial charge in [0.15, 0.2) is 17.9 Å². The van der Waals surface area contributed by atoms with E-state index in [9.17, 15) is 49.5 Å². The number of amides is 2. The molecule has 0 bridgehead atoms. The van der Waals surface area contributed by atoms with Crippen LogP contribution in [0.2, 0.25) is 0 Å². The van der Waals surface area contributed by atoms with E-state index in [1.54, 1.807) is 6.92 Å². The van der Waals surface area contributed by atoms with Crippen LogP contribution in [0.4, 0.5) is 0 Å². The number of aliphatic hydroxyl groups is 3. The molecule has 244 valence electrons. The second kappa shape index (κ2) is 12.4. The lowest BCUT2D eigenvalue weighted by molar-refractivity contribution is -0.247. The normalized spacial score (nSPS) is 28.0. The number of rotatable bonds is 5. The second-order valence-corrected chi connectivity index (χ2v) is 11.3. The minimum absolute atomic E-state index is 0.0173. The topological polar surface area (TPSA) is 252 Å². The van der Waals surface area contributed by atoms with Crippen molar-refractivity contribution in [2.75, 3.05) is 13.7 Å². The lowest BCUT2D eigenvalue weighted by Gasteiger charge is -2.42. The fraction of sp³-hybridized carbons (Fsp3) is 0.387. The maximum atomic E-state index is 13.6. The van der Waals surface area contributed by atoms with Gasteiger partial charge in [-0.15, -0.1) is 0 Å². The van der Waals surface area contributed by atoms with Crippen LogP contribution in [0.15, 0.2) is 30.4 Å². The Morgan fingerprint density at radius 3 is 2.28 bits per heavy atom. The number of phenolic OH excluding ortho intramolecular Hbond substituents is 2. The summed E-state index contributed by atoms with van der Waals surface area (Å²) in [6, 6.07) is 3.64. The van der Waals surface area contributed by atoms with Gasteiger partial charge in [-0.25, -0.2) is 0 Å². The zero-order valence-corrected chi connectivity index (χ0v) is 24.7. The Bertz CT molecular complexity index is 1660. The Labute approximate surface area is 261 Å². The van der Waals surface area contributed by atoms with Gasteiger partial charge < -0.3 is 45.5 Å². The van der Waals surface area contributed by atoms with E-state index in [2.05, 4.69) is 0 Å². The van der Waals surface area contributed by atoms with Gasteiger partial charge in [-0.1, -0.05) is 12.1 Å². The molecule has 1 fully saturated rings. The molecule has 0 saturated carbocycles. The number of imide groups is 1. The molecule has 1 saturated heterocycles. The van der Waals surface area contributed by atoms with E-state index in [1.807, 2.05) is 5.32 Å². The first-order valence-corrected chi connectivity index (χ1v) is 14.2. The lowest BCUT2D eigenvalue weighted by Crippen LogP contribution is -2.53. The maximum Gasteiger partial charge on any atom is 0.250 e. The van der Waals surface area contributed by atoms with Crippen LogP contribution < -0.4 is 15.8 Å². The molecule has 2 aliphatic carbocycles. The number of hydrogen-bond donors (Lipinski definition) is 7. The van der Waals surface area contributed by atoms with Gasteiger partial charge in [0.1, 0.15) is 29.5 Å². The highest BCUT2D eigenvalue weighted by Gasteiger charge is 2.50. The Morgan fingerprint density at radius 2 is 1.72 bits per heavy atom. The van der Waals surface area contributed by atoms with Crippen molar-refractivity contribution in [2.24, 2.45) is 5.73 Å². The molecule has 2 aromatic rings. The van der Waals surface area contributed by atoms with E-state index in [4.69, 9.17) is 19.9 Å². The van der Waals surface area contributed by atoms with Gasteiger partial charge in [0.05, 0.1) is 42.1 Å². The summed E-state index contributed by atoms with van der Waals surface area (Å²) in [6.07, 6.45) is -2.73. The van der Waals surface area contributed by atoms with Crippen LogP contribution in [0.1, 0.15) is 68.8 Å². The van der Waals surface area contributed by atoms with Crippen LogP contribution in [-0.2, 0) is 30.3 Å². The highest BCUT2D eigenvalue weighted by molar-refractivity contribution is 6.31. The van der Waals surface area contributed by atoms with Crippen LogP contribution in [-0.4, -0.2) is 98.6 Å². The molecule has 2 heterocycles. The van der Waals surface area contributed by atoms with Gasteiger partial charge in [0, 0.05) is 54.1 Å². The van der Waals surface area contributed by atoms with Crippen LogP contribution in [0.3, 0.4) is 0 Å². The van der Waals surface area contributed by atoms with Gasteiger partial charge in [-0.3, -0.25) is 29.3 Å². The van der Waals surface area contributed by atoms with Gasteiger partial charge in [0.2, 0.25) is 5.78 Å². The van der Waals surface area contributed by atoms with Gasteiger partial charge in [0.25, 0.3) is 11.8 Å². The predicted molar refractivity (Wildman–Crippen MR) is 154 cm³/mol. The SMILES string of the molecule is COc1cccc2c1C(=O)c1c(O)c3c(c(O)c1C2=O)C[C@@](O)(C(=O)CO)C[C@@H]3O[C@H]1C[C@H](N)[C@H](O)[C@H](C)O1.O=C1C=CC(=O)N1. The fourth-order valence-electron chi connectivity index (χ4n) is 6.11. The summed E-state index contributed by atoms with van der Waals surface area (Å²) in [5, 5.41) is 55.7. The molecule has 0 radical (unpaired) electrons. The van der Waals surface area contributed by atoms with Gasteiger partial charge in [-0.2, -0.15) is 0 Å². The van der Waals surface area contributed by atoms with Crippen molar-refractivity contribution < 1.29 is 63.7 Å². The zero-order chi connectivity index (χ0) is 33.7. The molecule has 2 aliphatic heterocycles. The summed E-state index contributed by atoms with van der Waals surface area (Å²) >= 11 is 0. The van der Waals surface area contributed by atoms with Crippen molar-refractivity contribution in [2.45, 2.75) is 62.4 Å². The van der Waals surface area contributed by atoms with Crippen molar-refractivity contribution in [1.82, 2.24) is 5.32 Å². The van der Waals surface area contributed by atoms with E-state index < -0.39 is 95.7 Å². The average molecular weight is 641 g/mol. The molecule has 2 aromatic carbocycles. The van der Waals surface area contributed by atoms with E-state index in [0.29, 0.717) is 0 Å². The Hall–Kier alpha value is -4.51. The van der Waals surface area contributed by atoms with Crippen molar-refractivity contribution in [1.29, 1.82) is 0 Å². The number of hydrogen-bond acceptors (Lipinski definition) is 14. The minimum atomic E-state index is -2.24. The van der Waals surface area contributed by atoms with Crippen LogP contribution in [0.25, 0.3) is 0 Å². The molecule has 46 heavy (non-hydrogen) atoms. The number of methoxy groups -OCH3 is 1. The predicted octanol–water partition coefficient (Wildman–Crippen LogP) is -0.800. The van der Waals surface area contributed by atoms with E-state index in [1.165, 1.54) is 37.5 Å². The number of nitrogens with one attached hydrogen (secondary N) is 1. The summed E-state index contributed by atoms with van der Waals surface area (Å²) in [5.74, 6) is -4.43. The number of fused-ring (bicyclic) bond motifs is 3. The number of benzene rings is 2. The largest absolute Gasteiger partial charge is 0.507 e. The fourth-order valence-corrected chi connectivity index (χ4v) is 6.11. The molecule has 15 nitrogen and oxygen atoms in total. The number of aromatic hydroxyl groups is 2. The highest BCUT2D eigenvalue weighted by atomic mass is 16.7. The standard InChI is InChI=1S/C27H29NO11.C4H3NO2/c1-10-22(31)13(28)6-17(38-10)39-15-8-27(36,16(30)9-29)7-12-19(15)26(35)21-20(24(12)33)23(32)11-4-3-5-14(37-2)18(11)25(21)34;6-3-1-2-4(7)5-3/h3-5,10,13,15,17,22,29,31,33,35-36H,6-9,28H2,1-2H3;1-2H,(H,5,6,7)/t10-,13-,15-,17-,22+,27-;/m0./s1. The number of phenols is 2. The minimum Gasteiger partial charge on any atom is -0.507 e. The van der Waals surface area contributed by atoms with Gasteiger partial charge >= 0.3 is 0 Å². The molecule has 0 aromatic heterocycles. The molecule has 6 rings (SSSR count). The first kappa shape index (κ1) is 32.9. The number of aliphatic hydroxyl groups excluding tert-OH is 2. The van der Waals surface area contributed by atoms with E-state index in [0.717, 1.165) is 0 Å². The average Bonchev–Trinajstić information content (AvgIpc) is 3.41. The summed E-state index contributed by atoms with van der Waals surface area (Å²) < 4.78 is 17.0. The first-order valence-electron chi connectivity index (χ1n) is 14.2. The summed E-state index contributed by atoms with van der Waals surface area (Å²) in [6.45, 7) is 0.560.